The van der Waals surface area contributed by atoms with E-state index in [1.807, 2.05) is 13.0 Å². The Bertz CT molecular complexity index is 363. The average Bonchev–Trinajstić information content (AvgIpc) is 2.15. The van der Waals surface area contributed by atoms with Crippen molar-refractivity contribution in [3.63, 3.8) is 0 Å². The zero-order valence-electron chi connectivity index (χ0n) is 9.53. The quantitative estimate of drug-likeness (QED) is 0.367. The maximum atomic E-state index is 11.9. The molecule has 0 atom stereocenters. The Kier molecular flexibility index (Phi) is 2.53. The molecule has 5 heteroatoms. The Morgan fingerprint density at radius 3 is 2.25 bits per heavy atom. The van der Waals surface area contributed by atoms with Crippen LogP contribution in [0.15, 0.2) is 11.6 Å². The number of hydrogen-bond acceptors (Lipinski definition) is 5. The summed E-state index contributed by atoms with van der Waals surface area (Å²) in [5.41, 5.74) is 1.17. The summed E-state index contributed by atoms with van der Waals surface area (Å²) in [5.74, 6) is -1.45. The lowest BCUT2D eigenvalue weighted by molar-refractivity contribution is -0.236. The SMILES string of the molecule is CC1=CCC2(SC1)C(=O)OC(C)(C)OC2=O. The van der Waals surface area contributed by atoms with Crippen molar-refractivity contribution in [3.05, 3.63) is 11.6 Å². The van der Waals surface area contributed by atoms with E-state index in [-0.39, 0.29) is 0 Å². The summed E-state index contributed by atoms with van der Waals surface area (Å²) in [6, 6.07) is 0. The van der Waals surface area contributed by atoms with Crippen LogP contribution in [0, 0.1) is 0 Å². The van der Waals surface area contributed by atoms with E-state index in [1.165, 1.54) is 17.3 Å². The van der Waals surface area contributed by atoms with Crippen molar-refractivity contribution in [1.82, 2.24) is 0 Å². The standard InChI is InChI=1S/C11H14O4S/c1-7-4-5-11(16-6-7)8(12)14-10(2,3)15-9(11)13/h4H,5-6H2,1-3H3. The lowest BCUT2D eigenvalue weighted by atomic mass is 10.0. The predicted molar refractivity (Wildman–Crippen MR) is 59.8 cm³/mol. The van der Waals surface area contributed by atoms with E-state index in [0.29, 0.717) is 12.2 Å². The second kappa shape index (κ2) is 3.52. The van der Waals surface area contributed by atoms with Crippen molar-refractivity contribution in [1.29, 1.82) is 0 Å². The molecule has 0 radical (unpaired) electrons. The van der Waals surface area contributed by atoms with Crippen LogP contribution >= 0.6 is 11.8 Å². The number of rotatable bonds is 0. The van der Waals surface area contributed by atoms with Gasteiger partial charge in [0.2, 0.25) is 4.75 Å². The van der Waals surface area contributed by atoms with Crippen molar-refractivity contribution in [2.75, 3.05) is 5.75 Å². The molecular weight excluding hydrogens is 228 g/mol. The normalized spacial score (nSPS) is 27.1. The second-order valence-electron chi connectivity index (χ2n) is 4.55. The van der Waals surface area contributed by atoms with Gasteiger partial charge in [0, 0.05) is 26.0 Å². The smallest absolute Gasteiger partial charge is 0.337 e. The maximum Gasteiger partial charge on any atom is 0.337 e. The molecule has 2 aliphatic heterocycles. The Morgan fingerprint density at radius 1 is 1.25 bits per heavy atom. The van der Waals surface area contributed by atoms with E-state index in [9.17, 15) is 9.59 Å². The number of cyclic esters (lactones) is 2. The van der Waals surface area contributed by atoms with Gasteiger partial charge in [-0.25, -0.2) is 9.59 Å². The molecule has 0 unspecified atom stereocenters. The first kappa shape index (κ1) is 11.5. The molecule has 0 aromatic rings. The monoisotopic (exact) mass is 242 g/mol. The molecule has 0 bridgehead atoms. The van der Waals surface area contributed by atoms with Gasteiger partial charge in [0.25, 0.3) is 5.79 Å². The fourth-order valence-electron chi connectivity index (χ4n) is 1.67. The van der Waals surface area contributed by atoms with Gasteiger partial charge in [-0.15, -0.1) is 11.8 Å². The minimum atomic E-state index is -1.17. The molecule has 2 aliphatic rings. The number of esters is 2. The van der Waals surface area contributed by atoms with Crippen molar-refractivity contribution in [3.8, 4) is 0 Å². The summed E-state index contributed by atoms with van der Waals surface area (Å²) in [5, 5.41) is 0. The molecule has 0 aromatic heterocycles. The van der Waals surface area contributed by atoms with Gasteiger partial charge in [-0.3, -0.25) is 0 Å². The van der Waals surface area contributed by atoms with Crippen LogP contribution in [0.1, 0.15) is 27.2 Å². The highest BCUT2D eigenvalue weighted by Crippen LogP contribution is 2.42. The van der Waals surface area contributed by atoms with Crippen LogP contribution in [0.2, 0.25) is 0 Å². The van der Waals surface area contributed by atoms with Crippen LogP contribution in [0.4, 0.5) is 0 Å². The molecular formula is C11H14O4S. The van der Waals surface area contributed by atoms with E-state index < -0.39 is 22.5 Å². The van der Waals surface area contributed by atoms with Crippen molar-refractivity contribution in [2.45, 2.75) is 37.7 Å². The number of thioether (sulfide) groups is 1. The van der Waals surface area contributed by atoms with Crippen LogP contribution in [-0.4, -0.2) is 28.2 Å². The highest BCUT2D eigenvalue weighted by molar-refractivity contribution is 8.02. The molecule has 1 fully saturated rings. The molecule has 16 heavy (non-hydrogen) atoms. The first-order valence-corrected chi connectivity index (χ1v) is 6.11. The van der Waals surface area contributed by atoms with Crippen LogP contribution in [-0.2, 0) is 19.1 Å². The van der Waals surface area contributed by atoms with Gasteiger partial charge in [-0.2, -0.15) is 0 Å². The predicted octanol–water partition coefficient (Wildman–Crippen LogP) is 1.64. The van der Waals surface area contributed by atoms with Crippen LogP contribution in [0.3, 0.4) is 0 Å². The van der Waals surface area contributed by atoms with Crippen molar-refractivity contribution in [2.24, 2.45) is 0 Å². The third-order valence-electron chi connectivity index (χ3n) is 2.62. The van der Waals surface area contributed by atoms with Crippen LogP contribution in [0.5, 0.6) is 0 Å². The van der Waals surface area contributed by atoms with Gasteiger partial charge in [0.15, 0.2) is 0 Å². The molecule has 0 N–H and O–H groups in total. The number of carbonyl (C=O) groups excluding carboxylic acids is 2. The zero-order valence-corrected chi connectivity index (χ0v) is 10.3. The summed E-state index contributed by atoms with van der Waals surface area (Å²) in [6.45, 7) is 5.10. The molecule has 2 rings (SSSR count). The Balaban J connectivity index is 2.29. The fraction of sp³-hybridized carbons (Fsp3) is 0.636. The zero-order chi connectivity index (χ0) is 12.0. The lowest BCUT2D eigenvalue weighted by Gasteiger charge is -2.40. The van der Waals surface area contributed by atoms with Gasteiger partial charge in [0.1, 0.15) is 0 Å². The summed E-state index contributed by atoms with van der Waals surface area (Å²) in [6.07, 6.45) is 2.26. The highest BCUT2D eigenvalue weighted by Gasteiger charge is 2.56. The summed E-state index contributed by atoms with van der Waals surface area (Å²) in [7, 11) is 0. The summed E-state index contributed by atoms with van der Waals surface area (Å²) < 4.78 is 9.11. The minimum Gasteiger partial charge on any atom is -0.422 e. The lowest BCUT2D eigenvalue weighted by Crippen LogP contribution is -2.57. The molecule has 0 aromatic carbocycles. The number of allylic oxidation sites excluding steroid dienone is 1. The fourth-order valence-corrected chi connectivity index (χ4v) is 2.79. The van der Waals surface area contributed by atoms with Crippen molar-refractivity contribution >= 4 is 23.7 Å². The Hall–Kier alpha value is -0.970. The number of hydrogen-bond donors (Lipinski definition) is 0. The molecule has 1 saturated heterocycles. The van der Waals surface area contributed by atoms with Gasteiger partial charge in [0.05, 0.1) is 0 Å². The number of carbonyl (C=O) groups is 2. The third kappa shape index (κ3) is 1.73. The molecule has 0 saturated carbocycles. The molecule has 0 amide bonds. The molecule has 0 aliphatic carbocycles. The third-order valence-corrected chi connectivity index (χ3v) is 4.21. The van der Waals surface area contributed by atoms with Gasteiger partial charge >= 0.3 is 11.9 Å². The Labute approximate surface area is 98.4 Å². The highest BCUT2D eigenvalue weighted by atomic mass is 32.2. The van der Waals surface area contributed by atoms with Crippen LogP contribution < -0.4 is 0 Å². The van der Waals surface area contributed by atoms with Gasteiger partial charge in [-0.05, 0) is 6.92 Å². The van der Waals surface area contributed by atoms with E-state index in [0.717, 1.165) is 0 Å². The topological polar surface area (TPSA) is 52.6 Å². The maximum absolute atomic E-state index is 11.9. The molecule has 2 heterocycles. The molecule has 1 spiro atoms. The summed E-state index contributed by atoms with van der Waals surface area (Å²) in [4.78, 5) is 23.9. The van der Waals surface area contributed by atoms with Crippen LogP contribution in [0.25, 0.3) is 0 Å². The van der Waals surface area contributed by atoms with Crippen molar-refractivity contribution < 1.29 is 19.1 Å². The van der Waals surface area contributed by atoms with Gasteiger partial charge < -0.3 is 9.47 Å². The molecule has 88 valence electrons. The average molecular weight is 242 g/mol. The van der Waals surface area contributed by atoms with E-state index >= 15 is 0 Å². The van der Waals surface area contributed by atoms with E-state index in [4.69, 9.17) is 9.47 Å². The van der Waals surface area contributed by atoms with Gasteiger partial charge in [-0.1, -0.05) is 11.6 Å². The number of ether oxygens (including phenoxy) is 2. The Morgan fingerprint density at radius 2 is 1.81 bits per heavy atom. The van der Waals surface area contributed by atoms with E-state index in [1.54, 1.807) is 13.8 Å². The largest absolute Gasteiger partial charge is 0.422 e. The first-order valence-electron chi connectivity index (χ1n) is 5.12. The first-order chi connectivity index (χ1) is 7.36. The molecule has 4 nitrogen and oxygen atoms in total. The summed E-state index contributed by atoms with van der Waals surface area (Å²) >= 11 is 1.29. The second-order valence-corrected chi connectivity index (χ2v) is 5.82. The minimum absolute atomic E-state index is 0.358. The van der Waals surface area contributed by atoms with E-state index in [2.05, 4.69) is 0 Å².